The first-order valence-corrected chi connectivity index (χ1v) is 9.44. The number of thioether (sulfide) groups is 1. The number of rotatable bonds is 9. The van der Waals surface area contributed by atoms with E-state index in [2.05, 4.69) is 46.4 Å². The number of nitrogens with zero attached hydrogens (tertiary/aromatic N) is 4. The van der Waals surface area contributed by atoms with E-state index < -0.39 is 0 Å². The second kappa shape index (κ2) is 8.84. The third kappa shape index (κ3) is 4.81. The highest BCUT2D eigenvalue weighted by Crippen LogP contribution is 2.29. The molecule has 0 bridgehead atoms. The van der Waals surface area contributed by atoms with Gasteiger partial charge in [0.1, 0.15) is 5.82 Å². The molecule has 2 heterocycles. The average Bonchev–Trinajstić information content (AvgIpc) is 3.21. The first-order valence-electron chi connectivity index (χ1n) is 7.74. The zero-order valence-electron chi connectivity index (χ0n) is 14.0. The van der Waals surface area contributed by atoms with Gasteiger partial charge in [-0.2, -0.15) is 5.10 Å². The van der Waals surface area contributed by atoms with Crippen LogP contribution in [0.1, 0.15) is 33.2 Å². The Morgan fingerprint density at radius 3 is 3.00 bits per heavy atom. The van der Waals surface area contributed by atoms with Gasteiger partial charge in [-0.15, -0.1) is 16.8 Å². The summed E-state index contributed by atoms with van der Waals surface area (Å²) in [6.07, 6.45) is 4.40. The molecule has 2 atom stereocenters. The number of nitrogens with one attached hydrogen (secondary N) is 2. The van der Waals surface area contributed by atoms with Crippen molar-refractivity contribution < 1.29 is 4.79 Å². The minimum absolute atomic E-state index is 0.0825. The SMILES string of the molecule is C=CCNc1nnc(S[C@H](C)C(=O)Nc2ccnn2[C@H](C)CC)s1. The van der Waals surface area contributed by atoms with E-state index in [1.807, 2.05) is 17.7 Å². The number of hydrogen-bond donors (Lipinski definition) is 2. The van der Waals surface area contributed by atoms with Crippen molar-refractivity contribution in [3.8, 4) is 0 Å². The molecule has 0 saturated heterocycles. The van der Waals surface area contributed by atoms with Crippen molar-refractivity contribution in [3.05, 3.63) is 24.9 Å². The monoisotopic (exact) mass is 366 g/mol. The molecule has 0 unspecified atom stereocenters. The Kier molecular flexibility index (Phi) is 6.80. The quantitative estimate of drug-likeness (QED) is 0.522. The van der Waals surface area contributed by atoms with Crippen LogP contribution in [0.2, 0.25) is 0 Å². The van der Waals surface area contributed by atoms with Gasteiger partial charge >= 0.3 is 0 Å². The molecule has 0 radical (unpaired) electrons. The van der Waals surface area contributed by atoms with E-state index in [-0.39, 0.29) is 17.2 Å². The molecule has 0 spiro atoms. The topological polar surface area (TPSA) is 84.7 Å². The zero-order valence-corrected chi connectivity index (χ0v) is 15.7. The molecule has 1 amide bonds. The van der Waals surface area contributed by atoms with Gasteiger partial charge in [-0.05, 0) is 20.3 Å². The van der Waals surface area contributed by atoms with Crippen molar-refractivity contribution in [2.75, 3.05) is 17.2 Å². The van der Waals surface area contributed by atoms with Gasteiger partial charge in [0.15, 0.2) is 4.34 Å². The molecule has 2 aromatic rings. The normalized spacial score (nSPS) is 13.3. The van der Waals surface area contributed by atoms with Crippen molar-refractivity contribution in [3.63, 3.8) is 0 Å². The molecule has 0 saturated carbocycles. The van der Waals surface area contributed by atoms with Gasteiger partial charge in [0.2, 0.25) is 11.0 Å². The maximum atomic E-state index is 12.4. The third-order valence-electron chi connectivity index (χ3n) is 3.38. The van der Waals surface area contributed by atoms with Gasteiger partial charge in [0.05, 0.1) is 17.5 Å². The molecule has 7 nitrogen and oxygen atoms in total. The lowest BCUT2D eigenvalue weighted by molar-refractivity contribution is -0.115. The van der Waals surface area contributed by atoms with Crippen LogP contribution in [0.25, 0.3) is 0 Å². The lowest BCUT2D eigenvalue weighted by Gasteiger charge is -2.15. The summed E-state index contributed by atoms with van der Waals surface area (Å²) in [5, 5.41) is 18.8. The van der Waals surface area contributed by atoms with Crippen LogP contribution < -0.4 is 10.6 Å². The second-order valence-electron chi connectivity index (χ2n) is 5.21. The lowest BCUT2D eigenvalue weighted by atomic mass is 10.3. The molecule has 0 aliphatic carbocycles. The van der Waals surface area contributed by atoms with Crippen molar-refractivity contribution in [2.24, 2.45) is 0 Å². The van der Waals surface area contributed by atoms with Gasteiger partial charge in [0, 0.05) is 12.6 Å². The highest BCUT2D eigenvalue weighted by atomic mass is 32.2. The molecule has 2 N–H and O–H groups in total. The minimum Gasteiger partial charge on any atom is -0.357 e. The summed E-state index contributed by atoms with van der Waals surface area (Å²) in [4.78, 5) is 12.4. The van der Waals surface area contributed by atoms with Crippen LogP contribution in [-0.4, -0.2) is 37.7 Å². The van der Waals surface area contributed by atoms with Gasteiger partial charge in [-0.3, -0.25) is 4.79 Å². The fraction of sp³-hybridized carbons (Fsp3) is 0.467. The molecule has 130 valence electrons. The summed E-state index contributed by atoms with van der Waals surface area (Å²) in [7, 11) is 0. The predicted molar refractivity (Wildman–Crippen MR) is 99.8 cm³/mol. The number of carbonyl (C=O) groups is 1. The number of anilines is 2. The predicted octanol–water partition coefficient (Wildman–Crippen LogP) is 3.42. The van der Waals surface area contributed by atoms with Crippen LogP contribution in [0.5, 0.6) is 0 Å². The van der Waals surface area contributed by atoms with Crippen LogP contribution >= 0.6 is 23.1 Å². The Hall–Kier alpha value is -1.87. The third-order valence-corrected chi connectivity index (χ3v) is 5.45. The van der Waals surface area contributed by atoms with Crippen molar-refractivity contribution in [1.29, 1.82) is 0 Å². The Balaban J connectivity index is 1.94. The number of carbonyl (C=O) groups excluding carboxylic acids is 1. The average molecular weight is 367 g/mol. The van der Waals surface area contributed by atoms with Crippen LogP contribution in [0, 0.1) is 0 Å². The maximum Gasteiger partial charge on any atom is 0.238 e. The number of hydrogen-bond acceptors (Lipinski definition) is 7. The van der Waals surface area contributed by atoms with E-state index in [0.29, 0.717) is 12.4 Å². The van der Waals surface area contributed by atoms with Crippen LogP contribution in [-0.2, 0) is 4.79 Å². The van der Waals surface area contributed by atoms with E-state index in [0.717, 1.165) is 15.9 Å². The summed E-state index contributed by atoms with van der Waals surface area (Å²) < 4.78 is 2.58. The summed E-state index contributed by atoms with van der Waals surface area (Å²) in [6, 6.07) is 2.05. The fourth-order valence-corrected chi connectivity index (χ4v) is 3.76. The highest BCUT2D eigenvalue weighted by Gasteiger charge is 2.19. The largest absolute Gasteiger partial charge is 0.357 e. The molecular weight excluding hydrogens is 344 g/mol. The molecule has 0 fully saturated rings. The van der Waals surface area contributed by atoms with Crippen molar-refractivity contribution in [2.45, 2.75) is 42.8 Å². The molecule has 0 aliphatic rings. The molecule has 2 rings (SSSR count). The molecular formula is C15H22N6OS2. The first kappa shape index (κ1) is 18.5. The van der Waals surface area contributed by atoms with E-state index >= 15 is 0 Å². The van der Waals surface area contributed by atoms with E-state index in [9.17, 15) is 4.79 Å². The standard InChI is InChI=1S/C15H22N6OS2/c1-5-8-16-14-19-20-15(24-14)23-11(4)13(22)18-12-7-9-17-21(12)10(3)6-2/h5,7,9-11H,1,6,8H2,2-4H3,(H,16,19)(H,18,22)/t10-,11-/m1/s1. The minimum atomic E-state index is -0.287. The van der Waals surface area contributed by atoms with E-state index in [1.165, 1.54) is 23.1 Å². The Morgan fingerprint density at radius 1 is 1.50 bits per heavy atom. The van der Waals surface area contributed by atoms with Crippen LogP contribution in [0.4, 0.5) is 10.9 Å². The zero-order chi connectivity index (χ0) is 17.5. The summed E-state index contributed by atoms with van der Waals surface area (Å²) >= 11 is 2.81. The highest BCUT2D eigenvalue weighted by molar-refractivity contribution is 8.02. The van der Waals surface area contributed by atoms with Crippen molar-refractivity contribution in [1.82, 2.24) is 20.0 Å². The smallest absolute Gasteiger partial charge is 0.238 e. The van der Waals surface area contributed by atoms with Crippen molar-refractivity contribution >= 4 is 40.0 Å². The molecule has 0 aromatic carbocycles. The lowest BCUT2D eigenvalue weighted by Crippen LogP contribution is -2.24. The van der Waals surface area contributed by atoms with Crippen LogP contribution in [0.3, 0.4) is 0 Å². The molecule has 9 heteroatoms. The maximum absolute atomic E-state index is 12.4. The summed E-state index contributed by atoms with van der Waals surface area (Å²) in [6.45, 7) is 10.3. The van der Waals surface area contributed by atoms with Gasteiger partial charge in [-0.1, -0.05) is 36.1 Å². The Labute approximate surface area is 149 Å². The fourth-order valence-electron chi connectivity index (χ4n) is 1.86. The molecule has 2 aromatic heterocycles. The summed E-state index contributed by atoms with van der Waals surface area (Å²) in [5.74, 6) is 0.633. The van der Waals surface area contributed by atoms with Gasteiger partial charge in [0.25, 0.3) is 0 Å². The van der Waals surface area contributed by atoms with Gasteiger partial charge < -0.3 is 10.6 Å². The number of amides is 1. The molecule has 24 heavy (non-hydrogen) atoms. The van der Waals surface area contributed by atoms with Crippen LogP contribution in [0.15, 0.2) is 29.3 Å². The second-order valence-corrected chi connectivity index (χ2v) is 7.78. The molecule has 0 aliphatic heterocycles. The summed E-state index contributed by atoms with van der Waals surface area (Å²) in [5.41, 5.74) is 0. The van der Waals surface area contributed by atoms with E-state index in [4.69, 9.17) is 0 Å². The number of aromatic nitrogens is 4. The van der Waals surface area contributed by atoms with Gasteiger partial charge in [-0.25, -0.2) is 4.68 Å². The Morgan fingerprint density at radius 2 is 2.29 bits per heavy atom. The van der Waals surface area contributed by atoms with E-state index in [1.54, 1.807) is 12.3 Å². The first-order chi connectivity index (χ1) is 11.5. The Bertz CT molecular complexity index is 683.